The third kappa shape index (κ3) is 4.37. The normalized spacial score (nSPS) is 19.2. The molecule has 1 aliphatic rings. The van der Waals surface area contributed by atoms with Gasteiger partial charge in [0.2, 0.25) is 11.9 Å². The summed E-state index contributed by atoms with van der Waals surface area (Å²) in [6.07, 6.45) is 1.26. The van der Waals surface area contributed by atoms with Gasteiger partial charge in [-0.3, -0.25) is 4.79 Å². The molecule has 0 atom stereocenters. The number of amides is 1. The fourth-order valence-electron chi connectivity index (χ4n) is 4.49. The number of halogens is 2. The van der Waals surface area contributed by atoms with Crippen molar-refractivity contribution in [2.24, 2.45) is 0 Å². The molecule has 7 nitrogen and oxygen atoms in total. The molecule has 0 saturated carbocycles. The van der Waals surface area contributed by atoms with Gasteiger partial charge in [0.15, 0.2) is 0 Å². The Hall–Kier alpha value is -2.97. The lowest BCUT2D eigenvalue weighted by Crippen LogP contribution is -2.92. The van der Waals surface area contributed by atoms with Crippen molar-refractivity contribution in [3.05, 3.63) is 59.9 Å². The fourth-order valence-corrected chi connectivity index (χ4v) is 4.49. The highest BCUT2D eigenvalue weighted by atomic mass is 19.1. The number of hydrogen-bond donors (Lipinski definition) is 1. The average molecular weight is 491 g/mol. The molecule has 1 saturated heterocycles. The molecule has 0 unspecified atom stereocenters. The summed E-state index contributed by atoms with van der Waals surface area (Å²) >= 11 is 0. The zero-order valence-electron chi connectivity index (χ0n) is 20.6. The molecule has 1 aromatic heterocycles. The number of nitrogens with zero attached hydrogens (tertiary/aromatic N) is 5. The van der Waals surface area contributed by atoms with Crippen LogP contribution >= 0.6 is 0 Å². The first kappa shape index (κ1) is 28.0. The Morgan fingerprint density at radius 3 is 1.89 bits per heavy atom. The number of hydrogen-bond acceptors (Lipinski definition) is 5. The number of piperazine rings is 1. The van der Waals surface area contributed by atoms with E-state index >= 15 is 0 Å². The molecule has 4 rings (SSSR count). The van der Waals surface area contributed by atoms with Crippen LogP contribution in [0, 0.1) is 18.6 Å². The van der Waals surface area contributed by atoms with Crippen LogP contribution in [0.3, 0.4) is 0 Å². The van der Waals surface area contributed by atoms with Gasteiger partial charge in [0.25, 0.3) is 0 Å². The Labute approximate surface area is 230 Å². The SMILES string of the molecule is [B]C1([B])N(C(C)=O)C([B])([B])C([B])([B])N(c2cc(C)cc(Nc3ncn(-c4cc(F)cc(F)c4)n3)c2)C1([B])[B]. The second kappa shape index (κ2) is 9.06. The molecule has 0 bridgehead atoms. The van der Waals surface area contributed by atoms with E-state index in [1.807, 2.05) is 0 Å². The maximum Gasteiger partial charge on any atom is 0.246 e. The number of nitrogens with one attached hydrogen (secondary N) is 1. The molecule has 0 aliphatic carbocycles. The van der Waals surface area contributed by atoms with Gasteiger partial charge in [-0.05, 0) is 64.2 Å². The Balaban J connectivity index is 1.75. The third-order valence-electron chi connectivity index (χ3n) is 6.26. The quantitative estimate of drug-likeness (QED) is 0.487. The molecule has 1 fully saturated rings. The van der Waals surface area contributed by atoms with E-state index in [9.17, 15) is 13.6 Å². The zero-order valence-corrected chi connectivity index (χ0v) is 20.6. The van der Waals surface area contributed by atoms with Crippen LogP contribution in [-0.4, -0.2) is 110 Å². The largest absolute Gasteiger partial charge is 0.393 e. The molecule has 16 radical (unpaired) electrons. The first-order valence-electron chi connectivity index (χ1n) is 11.1. The van der Waals surface area contributed by atoms with Crippen molar-refractivity contribution in [3.63, 3.8) is 0 Å². The zero-order chi connectivity index (χ0) is 28.4. The molecule has 1 aliphatic heterocycles. The topological polar surface area (TPSA) is 66.3 Å². The number of carbonyl (C=O) groups is 1. The van der Waals surface area contributed by atoms with Gasteiger partial charge >= 0.3 is 0 Å². The van der Waals surface area contributed by atoms with Gasteiger partial charge in [0, 0.05) is 24.4 Å². The van der Waals surface area contributed by atoms with E-state index in [1.54, 1.807) is 19.1 Å². The van der Waals surface area contributed by atoms with Crippen LogP contribution in [0.15, 0.2) is 42.7 Å². The molecular formula is C21H14B8F2N6O. The molecule has 17 heteroatoms. The lowest BCUT2D eigenvalue weighted by atomic mass is 9.26. The molecule has 2 aromatic carbocycles. The first-order valence-corrected chi connectivity index (χ1v) is 11.1. The molecule has 3 aromatic rings. The van der Waals surface area contributed by atoms with Crippen molar-refractivity contribution in [2.75, 3.05) is 10.2 Å². The Kier molecular flexibility index (Phi) is 6.68. The van der Waals surface area contributed by atoms with E-state index in [0.717, 1.165) is 30.0 Å². The predicted molar refractivity (Wildman–Crippen MR) is 148 cm³/mol. The second-order valence-electron chi connectivity index (χ2n) is 9.31. The highest BCUT2D eigenvalue weighted by Crippen LogP contribution is 2.45. The predicted octanol–water partition coefficient (Wildman–Crippen LogP) is -0.771. The van der Waals surface area contributed by atoms with Crippen LogP contribution in [0.25, 0.3) is 5.69 Å². The van der Waals surface area contributed by atoms with E-state index in [2.05, 4.69) is 15.4 Å². The minimum absolute atomic E-state index is 0.0742. The summed E-state index contributed by atoms with van der Waals surface area (Å²) in [6.45, 7) is 2.84. The molecular weight excluding hydrogens is 477 g/mol. The van der Waals surface area contributed by atoms with Crippen LogP contribution in [0.2, 0.25) is 0 Å². The third-order valence-corrected chi connectivity index (χ3v) is 6.26. The van der Waals surface area contributed by atoms with Crippen molar-refractivity contribution < 1.29 is 13.6 Å². The van der Waals surface area contributed by atoms with Crippen molar-refractivity contribution in [2.45, 2.75) is 35.2 Å². The van der Waals surface area contributed by atoms with Gasteiger partial charge in [0.1, 0.15) is 18.0 Å². The Bertz CT molecular complexity index is 1370. The van der Waals surface area contributed by atoms with Gasteiger partial charge in [-0.25, -0.2) is 13.5 Å². The van der Waals surface area contributed by atoms with Crippen molar-refractivity contribution >= 4 is 86.0 Å². The molecule has 172 valence electrons. The van der Waals surface area contributed by atoms with Gasteiger partial charge in [-0.1, -0.05) is 0 Å². The summed E-state index contributed by atoms with van der Waals surface area (Å²) in [5.74, 6) is -2.25. The number of anilines is 3. The summed E-state index contributed by atoms with van der Waals surface area (Å²) in [5.41, 5.74) is 1.34. The van der Waals surface area contributed by atoms with Crippen molar-refractivity contribution in [3.8, 4) is 5.69 Å². The van der Waals surface area contributed by atoms with Gasteiger partial charge in [-0.2, -0.15) is 4.98 Å². The van der Waals surface area contributed by atoms with Crippen molar-refractivity contribution in [1.29, 1.82) is 0 Å². The van der Waals surface area contributed by atoms with Crippen LogP contribution in [-0.2, 0) is 4.79 Å². The van der Waals surface area contributed by atoms with Crippen LogP contribution in [0.4, 0.5) is 26.1 Å². The van der Waals surface area contributed by atoms with Crippen molar-refractivity contribution in [1.82, 2.24) is 19.7 Å². The van der Waals surface area contributed by atoms with Gasteiger partial charge < -0.3 is 15.1 Å². The number of rotatable bonds is 4. The minimum atomic E-state index is -2.34. The molecule has 1 amide bonds. The molecule has 38 heavy (non-hydrogen) atoms. The van der Waals surface area contributed by atoms with Crippen LogP contribution < -0.4 is 10.2 Å². The van der Waals surface area contributed by atoms with Gasteiger partial charge in [0.05, 0.1) is 68.5 Å². The van der Waals surface area contributed by atoms with Crippen LogP contribution in [0.5, 0.6) is 0 Å². The molecule has 1 N–H and O–H groups in total. The first-order chi connectivity index (χ1) is 17.4. The van der Waals surface area contributed by atoms with E-state index in [0.29, 0.717) is 16.2 Å². The smallest absolute Gasteiger partial charge is 0.246 e. The molecule has 2 heterocycles. The van der Waals surface area contributed by atoms with E-state index in [1.165, 1.54) is 17.1 Å². The summed E-state index contributed by atoms with van der Waals surface area (Å²) in [6, 6.07) is 7.74. The number of aryl methyl sites for hydroxylation is 1. The lowest BCUT2D eigenvalue weighted by molar-refractivity contribution is -0.134. The van der Waals surface area contributed by atoms with E-state index in [4.69, 9.17) is 62.8 Å². The summed E-state index contributed by atoms with van der Waals surface area (Å²) in [7, 11) is 50.5. The minimum Gasteiger partial charge on any atom is -0.393 e. The second-order valence-corrected chi connectivity index (χ2v) is 9.31. The summed E-state index contributed by atoms with van der Waals surface area (Å²) < 4.78 is 28.4. The number of aromatic nitrogens is 3. The summed E-state index contributed by atoms with van der Waals surface area (Å²) in [4.78, 5) is 18.2. The highest BCUT2D eigenvalue weighted by Gasteiger charge is 2.60. The number of benzene rings is 2. The molecule has 0 spiro atoms. The number of carbonyl (C=O) groups excluding carboxylic acids is 1. The Morgan fingerprint density at radius 1 is 0.816 bits per heavy atom. The standard InChI is InChI=1S/C21H14B8F2N6O/c1-10-3-14(33-17-32-9-35(34-17)15-6-12(30)5-13(31)7-15)8-16(4-10)37-20(26,27)18(22,23)36(11(2)38)19(24,25)21(37,28)29/h3-9H,1-2H3,(H,33,34). The highest BCUT2D eigenvalue weighted by molar-refractivity contribution is 6.63. The fraction of sp³-hybridized carbons (Fsp3) is 0.286. The average Bonchev–Trinajstić information content (AvgIpc) is 3.19. The van der Waals surface area contributed by atoms with Crippen LogP contribution in [0.1, 0.15) is 12.5 Å². The van der Waals surface area contributed by atoms with E-state index < -0.39 is 38.9 Å². The van der Waals surface area contributed by atoms with Gasteiger partial charge in [-0.15, -0.1) is 5.10 Å². The maximum absolute atomic E-state index is 13.6. The Morgan fingerprint density at radius 2 is 1.37 bits per heavy atom. The maximum atomic E-state index is 13.6. The monoisotopic (exact) mass is 492 g/mol. The summed E-state index contributed by atoms with van der Waals surface area (Å²) in [5, 5.41) is -2.14. The lowest BCUT2D eigenvalue weighted by Gasteiger charge is -2.76. The van der Waals surface area contributed by atoms with E-state index in [-0.39, 0.29) is 17.3 Å².